The Hall–Kier alpha value is -2.82. The Morgan fingerprint density at radius 3 is 2.78 bits per heavy atom. The molecule has 1 amide bonds. The molecule has 138 valence electrons. The second kappa shape index (κ2) is 8.25. The Bertz CT molecular complexity index is 1000. The number of halogens is 1. The average Bonchev–Trinajstić information content (AvgIpc) is 3.32. The summed E-state index contributed by atoms with van der Waals surface area (Å²) >= 11 is 8.70. The number of non-ortho nitro benzene ring substituents is 1. The number of carbonyl (C=O) groups is 2. The minimum Gasteiger partial charge on any atom is -0.451 e. The number of esters is 1. The van der Waals surface area contributed by atoms with Gasteiger partial charge in [0, 0.05) is 17.5 Å². The van der Waals surface area contributed by atoms with Crippen LogP contribution in [0.15, 0.2) is 41.1 Å². The number of nitro groups is 1. The highest BCUT2D eigenvalue weighted by atomic mass is 35.5. The molecule has 0 fully saturated rings. The Morgan fingerprint density at radius 1 is 1.30 bits per heavy atom. The summed E-state index contributed by atoms with van der Waals surface area (Å²) in [5.41, 5.74) is 0.0935. The maximum Gasteiger partial charge on any atom is 0.358 e. The molecule has 2 aromatic heterocycles. The fourth-order valence-corrected chi connectivity index (χ4v) is 3.82. The van der Waals surface area contributed by atoms with Crippen molar-refractivity contribution in [2.24, 2.45) is 0 Å². The fraction of sp³-hybridized carbons (Fsp3) is 0.0625. The lowest BCUT2D eigenvalue weighted by molar-refractivity contribution is -0.384. The second-order valence-electron chi connectivity index (χ2n) is 5.06. The van der Waals surface area contributed by atoms with Gasteiger partial charge in [-0.3, -0.25) is 14.9 Å². The van der Waals surface area contributed by atoms with E-state index in [1.165, 1.54) is 34.8 Å². The van der Waals surface area contributed by atoms with Gasteiger partial charge >= 0.3 is 5.97 Å². The van der Waals surface area contributed by atoms with Gasteiger partial charge in [-0.15, -0.1) is 22.7 Å². The van der Waals surface area contributed by atoms with E-state index in [1.807, 2.05) is 17.5 Å². The van der Waals surface area contributed by atoms with Gasteiger partial charge in [-0.1, -0.05) is 17.7 Å². The van der Waals surface area contributed by atoms with Crippen molar-refractivity contribution in [3.8, 4) is 9.88 Å². The van der Waals surface area contributed by atoms with Crippen molar-refractivity contribution in [2.75, 3.05) is 11.9 Å². The van der Waals surface area contributed by atoms with Gasteiger partial charge in [0.05, 0.1) is 20.5 Å². The van der Waals surface area contributed by atoms with Crippen molar-refractivity contribution in [1.29, 1.82) is 0 Å². The molecule has 0 saturated carbocycles. The molecule has 0 unspecified atom stereocenters. The average molecular weight is 424 g/mol. The molecular weight excluding hydrogens is 414 g/mol. The highest BCUT2D eigenvalue weighted by Gasteiger charge is 2.16. The third kappa shape index (κ3) is 4.67. The highest BCUT2D eigenvalue weighted by molar-refractivity contribution is 7.20. The van der Waals surface area contributed by atoms with Gasteiger partial charge in [-0.05, 0) is 17.5 Å². The topological polar surface area (TPSA) is 111 Å². The largest absolute Gasteiger partial charge is 0.451 e. The predicted octanol–water partition coefficient (Wildman–Crippen LogP) is 4.23. The van der Waals surface area contributed by atoms with Gasteiger partial charge in [0.2, 0.25) is 0 Å². The van der Waals surface area contributed by atoms with Crippen molar-refractivity contribution in [3.05, 3.63) is 61.9 Å². The summed E-state index contributed by atoms with van der Waals surface area (Å²) in [7, 11) is 0. The van der Waals surface area contributed by atoms with Gasteiger partial charge in [0.25, 0.3) is 11.6 Å². The van der Waals surface area contributed by atoms with E-state index in [-0.39, 0.29) is 22.1 Å². The summed E-state index contributed by atoms with van der Waals surface area (Å²) in [5.74, 6) is -1.35. The van der Waals surface area contributed by atoms with Crippen LogP contribution in [0.2, 0.25) is 5.02 Å². The zero-order valence-corrected chi connectivity index (χ0v) is 15.8. The molecule has 0 bridgehead atoms. The standard InChI is InChI=1S/C16H10ClN3O5S2/c17-10-6-9(20(23)24)3-4-11(10)18-14(21)7-25-16(22)12-8-27-15(19-12)13-2-1-5-26-13/h1-6,8H,7H2,(H,18,21). The normalized spacial score (nSPS) is 10.4. The van der Waals surface area contributed by atoms with E-state index in [4.69, 9.17) is 16.3 Å². The molecule has 0 aliphatic heterocycles. The van der Waals surface area contributed by atoms with Crippen molar-refractivity contribution in [1.82, 2.24) is 4.98 Å². The fourth-order valence-electron chi connectivity index (χ4n) is 1.99. The molecular formula is C16H10ClN3O5S2. The van der Waals surface area contributed by atoms with Crippen molar-refractivity contribution >= 4 is 57.5 Å². The molecule has 0 atom stereocenters. The quantitative estimate of drug-likeness (QED) is 0.360. The van der Waals surface area contributed by atoms with Crippen molar-refractivity contribution < 1.29 is 19.2 Å². The van der Waals surface area contributed by atoms with E-state index >= 15 is 0 Å². The van der Waals surface area contributed by atoms with Crippen LogP contribution in [0.5, 0.6) is 0 Å². The summed E-state index contributed by atoms with van der Waals surface area (Å²) in [5, 5.41) is 17.3. The first-order valence-electron chi connectivity index (χ1n) is 7.34. The Morgan fingerprint density at radius 2 is 2.11 bits per heavy atom. The molecule has 3 aromatic rings. The smallest absolute Gasteiger partial charge is 0.358 e. The third-order valence-corrected chi connectivity index (χ3v) is 5.41. The number of hydrogen-bond donors (Lipinski definition) is 1. The number of nitro benzene ring substituents is 1. The van der Waals surface area contributed by atoms with Gasteiger partial charge in [-0.25, -0.2) is 9.78 Å². The zero-order chi connectivity index (χ0) is 19.4. The Kier molecular flexibility index (Phi) is 5.79. The van der Waals surface area contributed by atoms with Gasteiger partial charge < -0.3 is 10.1 Å². The van der Waals surface area contributed by atoms with Crippen molar-refractivity contribution in [2.45, 2.75) is 0 Å². The van der Waals surface area contributed by atoms with Crippen molar-refractivity contribution in [3.63, 3.8) is 0 Å². The molecule has 0 saturated heterocycles. The number of amides is 1. The number of carbonyl (C=O) groups excluding carboxylic acids is 2. The van der Waals surface area contributed by atoms with Crippen LogP contribution in [0, 0.1) is 10.1 Å². The molecule has 0 spiro atoms. The van der Waals surface area contributed by atoms with Crippen LogP contribution in [0.1, 0.15) is 10.5 Å². The summed E-state index contributed by atoms with van der Waals surface area (Å²) in [6.45, 7) is -0.544. The number of thiophene rings is 1. The number of nitrogens with one attached hydrogen (secondary N) is 1. The summed E-state index contributed by atoms with van der Waals surface area (Å²) in [6.07, 6.45) is 0. The van der Waals surface area contributed by atoms with E-state index in [9.17, 15) is 19.7 Å². The molecule has 1 aromatic carbocycles. The Balaban J connectivity index is 1.56. The SMILES string of the molecule is O=C(COC(=O)c1csc(-c2cccs2)n1)Nc1ccc([N+](=O)[O-])cc1Cl. The molecule has 8 nitrogen and oxygen atoms in total. The van der Waals surface area contributed by atoms with Gasteiger partial charge in [0.15, 0.2) is 12.3 Å². The van der Waals surface area contributed by atoms with Gasteiger partial charge in [-0.2, -0.15) is 0 Å². The summed E-state index contributed by atoms with van der Waals surface area (Å²) in [4.78, 5) is 39.1. The van der Waals surface area contributed by atoms with Crippen LogP contribution in [0.25, 0.3) is 9.88 Å². The number of nitrogens with zero attached hydrogens (tertiary/aromatic N) is 2. The monoisotopic (exact) mass is 423 g/mol. The molecule has 0 aliphatic rings. The minimum absolute atomic E-state index is 0.00367. The Labute approximate surface area is 165 Å². The number of rotatable bonds is 6. The third-order valence-electron chi connectivity index (χ3n) is 3.22. The number of benzene rings is 1. The van der Waals surface area contributed by atoms with Crippen LogP contribution in [0.3, 0.4) is 0 Å². The second-order valence-corrected chi connectivity index (χ2v) is 7.27. The van der Waals surface area contributed by atoms with Gasteiger partial charge in [0.1, 0.15) is 5.01 Å². The molecule has 0 aliphatic carbocycles. The van der Waals surface area contributed by atoms with E-state index < -0.39 is 23.4 Å². The van der Waals surface area contributed by atoms with E-state index in [0.29, 0.717) is 5.01 Å². The molecule has 2 heterocycles. The number of ether oxygens (including phenoxy) is 1. The lowest BCUT2D eigenvalue weighted by atomic mass is 10.3. The van der Waals surface area contributed by atoms with Crippen LogP contribution >= 0.6 is 34.3 Å². The zero-order valence-electron chi connectivity index (χ0n) is 13.4. The maximum atomic E-state index is 12.0. The summed E-state index contributed by atoms with van der Waals surface area (Å²) < 4.78 is 4.94. The molecule has 11 heteroatoms. The minimum atomic E-state index is -0.723. The molecule has 1 N–H and O–H groups in total. The first-order chi connectivity index (χ1) is 12.9. The van der Waals surface area contributed by atoms with Crippen LogP contribution in [-0.2, 0) is 9.53 Å². The first-order valence-corrected chi connectivity index (χ1v) is 9.48. The molecule has 27 heavy (non-hydrogen) atoms. The highest BCUT2D eigenvalue weighted by Crippen LogP contribution is 2.28. The predicted molar refractivity (Wildman–Crippen MR) is 102 cm³/mol. The lowest BCUT2D eigenvalue weighted by Crippen LogP contribution is -2.21. The maximum absolute atomic E-state index is 12.0. The van der Waals surface area contributed by atoms with Crippen LogP contribution in [-0.4, -0.2) is 28.4 Å². The van der Waals surface area contributed by atoms with Crippen LogP contribution in [0.4, 0.5) is 11.4 Å². The molecule has 0 radical (unpaired) electrons. The van der Waals surface area contributed by atoms with Crippen LogP contribution < -0.4 is 5.32 Å². The van der Waals surface area contributed by atoms with E-state index in [2.05, 4.69) is 10.3 Å². The number of hydrogen-bond acceptors (Lipinski definition) is 8. The number of aromatic nitrogens is 1. The number of thiazole rings is 1. The lowest BCUT2D eigenvalue weighted by Gasteiger charge is -2.07. The number of anilines is 1. The summed E-state index contributed by atoms with van der Waals surface area (Å²) in [6, 6.07) is 7.39. The molecule has 3 rings (SSSR count). The first kappa shape index (κ1) is 19.0. The van der Waals surface area contributed by atoms with E-state index in [1.54, 1.807) is 5.38 Å². The van der Waals surface area contributed by atoms with E-state index in [0.717, 1.165) is 10.9 Å².